The van der Waals surface area contributed by atoms with Crippen LogP contribution in [0.15, 0.2) is 36.4 Å². The fourth-order valence-corrected chi connectivity index (χ4v) is 2.44. The van der Waals surface area contributed by atoms with Crippen LogP contribution in [0.25, 0.3) is 0 Å². The Morgan fingerprint density at radius 1 is 0.952 bits per heavy atom. The first-order chi connectivity index (χ1) is 10.1. The van der Waals surface area contributed by atoms with E-state index in [-0.39, 0.29) is 6.04 Å². The second-order valence-corrected chi connectivity index (χ2v) is 4.90. The van der Waals surface area contributed by atoms with Crippen LogP contribution in [0, 0.1) is 0 Å². The molecule has 0 spiro atoms. The van der Waals surface area contributed by atoms with E-state index in [9.17, 15) is 0 Å². The van der Waals surface area contributed by atoms with E-state index < -0.39 is 0 Å². The lowest BCUT2D eigenvalue weighted by Crippen LogP contribution is -2.12. The molecule has 2 N–H and O–H groups in total. The third kappa shape index (κ3) is 3.23. The number of hydrogen-bond donors (Lipinski definition) is 1. The molecule has 0 saturated carbocycles. The highest BCUT2D eigenvalue weighted by Gasteiger charge is 2.16. The fraction of sp³-hybridized carbons (Fsp3) is 0.250. The molecule has 112 valence electrons. The van der Waals surface area contributed by atoms with Crippen LogP contribution in [0.2, 0.25) is 5.02 Å². The summed E-state index contributed by atoms with van der Waals surface area (Å²) in [6.45, 7) is 0. The molecule has 0 aromatic heterocycles. The Balaban J connectivity index is 2.43. The molecule has 0 aliphatic carbocycles. The zero-order chi connectivity index (χ0) is 15.4. The molecule has 0 aliphatic heterocycles. The van der Waals surface area contributed by atoms with Gasteiger partial charge in [0.1, 0.15) is 5.75 Å². The van der Waals surface area contributed by atoms with E-state index in [1.165, 1.54) is 0 Å². The van der Waals surface area contributed by atoms with Crippen molar-refractivity contribution in [1.82, 2.24) is 0 Å². The fourth-order valence-electron chi connectivity index (χ4n) is 2.14. The lowest BCUT2D eigenvalue weighted by molar-refractivity contribution is 0.354. The van der Waals surface area contributed by atoms with Gasteiger partial charge in [0.25, 0.3) is 0 Å². The molecule has 5 heteroatoms. The second kappa shape index (κ2) is 6.70. The Hall–Kier alpha value is -1.91. The lowest BCUT2D eigenvalue weighted by Gasteiger charge is -2.17. The summed E-state index contributed by atoms with van der Waals surface area (Å²) >= 11 is 6.22. The first-order valence-electron chi connectivity index (χ1n) is 6.41. The minimum Gasteiger partial charge on any atom is -0.497 e. The largest absolute Gasteiger partial charge is 0.497 e. The summed E-state index contributed by atoms with van der Waals surface area (Å²) in [6.07, 6.45) is 0. The summed E-state index contributed by atoms with van der Waals surface area (Å²) < 4.78 is 15.7. The molecule has 0 aliphatic rings. The number of ether oxygens (including phenoxy) is 3. The van der Waals surface area contributed by atoms with Crippen molar-refractivity contribution in [2.75, 3.05) is 21.3 Å². The second-order valence-electron chi connectivity index (χ2n) is 4.49. The average molecular weight is 308 g/mol. The molecule has 0 saturated heterocycles. The van der Waals surface area contributed by atoms with Gasteiger partial charge in [-0.3, -0.25) is 0 Å². The van der Waals surface area contributed by atoms with Crippen molar-refractivity contribution in [2.45, 2.75) is 6.04 Å². The number of nitrogens with two attached hydrogens (primary N) is 1. The quantitative estimate of drug-likeness (QED) is 0.919. The van der Waals surface area contributed by atoms with Crippen molar-refractivity contribution in [2.24, 2.45) is 5.73 Å². The molecule has 0 heterocycles. The maximum absolute atomic E-state index is 6.31. The van der Waals surface area contributed by atoms with Gasteiger partial charge in [-0.2, -0.15) is 0 Å². The lowest BCUT2D eigenvalue weighted by atomic mass is 9.99. The Morgan fingerprint density at radius 2 is 1.71 bits per heavy atom. The van der Waals surface area contributed by atoms with Gasteiger partial charge in [-0.05, 0) is 35.4 Å². The van der Waals surface area contributed by atoms with Crippen LogP contribution < -0.4 is 19.9 Å². The molecule has 0 amide bonds. The summed E-state index contributed by atoms with van der Waals surface area (Å²) in [5, 5.41) is 0.463. The van der Waals surface area contributed by atoms with Crippen LogP contribution in [0.3, 0.4) is 0 Å². The van der Waals surface area contributed by atoms with E-state index in [4.69, 9.17) is 31.5 Å². The highest BCUT2D eigenvalue weighted by molar-refractivity contribution is 6.32. The van der Waals surface area contributed by atoms with Gasteiger partial charge in [0.2, 0.25) is 0 Å². The van der Waals surface area contributed by atoms with Gasteiger partial charge < -0.3 is 19.9 Å². The summed E-state index contributed by atoms with van der Waals surface area (Å²) in [5.74, 6) is 1.81. The SMILES string of the molecule is COc1cccc(C(N)c2cc(Cl)c(OC)c(OC)c2)c1. The number of methoxy groups -OCH3 is 3. The van der Waals surface area contributed by atoms with Gasteiger partial charge in [0.05, 0.1) is 32.4 Å². The Labute approximate surface area is 129 Å². The predicted octanol–water partition coefficient (Wildman–Crippen LogP) is 3.41. The third-order valence-electron chi connectivity index (χ3n) is 3.27. The van der Waals surface area contributed by atoms with Gasteiger partial charge in [0, 0.05) is 0 Å². The van der Waals surface area contributed by atoms with Crippen molar-refractivity contribution in [3.63, 3.8) is 0 Å². The number of halogens is 1. The van der Waals surface area contributed by atoms with E-state index in [0.29, 0.717) is 16.5 Å². The smallest absolute Gasteiger partial charge is 0.179 e. The van der Waals surface area contributed by atoms with Crippen molar-refractivity contribution in [3.05, 3.63) is 52.5 Å². The summed E-state index contributed by atoms with van der Waals surface area (Å²) in [4.78, 5) is 0. The monoisotopic (exact) mass is 307 g/mol. The van der Waals surface area contributed by atoms with Crippen LogP contribution in [0.5, 0.6) is 17.2 Å². The first-order valence-corrected chi connectivity index (χ1v) is 6.79. The molecule has 1 unspecified atom stereocenters. The maximum atomic E-state index is 6.31. The molecular weight excluding hydrogens is 290 g/mol. The molecule has 2 aromatic carbocycles. The van der Waals surface area contributed by atoms with Crippen molar-refractivity contribution >= 4 is 11.6 Å². The predicted molar refractivity (Wildman–Crippen MR) is 83.6 cm³/mol. The summed E-state index contributed by atoms with van der Waals surface area (Å²) in [7, 11) is 4.73. The molecule has 2 rings (SSSR count). The molecule has 21 heavy (non-hydrogen) atoms. The molecule has 0 bridgehead atoms. The highest BCUT2D eigenvalue weighted by atomic mass is 35.5. The number of benzene rings is 2. The van der Waals surface area contributed by atoms with Crippen LogP contribution >= 0.6 is 11.6 Å². The van der Waals surface area contributed by atoms with Gasteiger partial charge in [-0.25, -0.2) is 0 Å². The van der Waals surface area contributed by atoms with E-state index in [1.807, 2.05) is 30.3 Å². The average Bonchev–Trinajstić information content (AvgIpc) is 2.53. The van der Waals surface area contributed by atoms with Gasteiger partial charge >= 0.3 is 0 Å². The summed E-state index contributed by atoms with van der Waals surface area (Å²) in [6, 6.07) is 10.9. The van der Waals surface area contributed by atoms with Crippen molar-refractivity contribution in [1.29, 1.82) is 0 Å². The summed E-state index contributed by atoms with van der Waals surface area (Å²) in [5.41, 5.74) is 8.08. The molecule has 0 radical (unpaired) electrons. The zero-order valence-corrected chi connectivity index (χ0v) is 13.0. The Kier molecular flexibility index (Phi) is 4.94. The van der Waals surface area contributed by atoms with Gasteiger partial charge in [-0.1, -0.05) is 23.7 Å². The molecule has 4 nitrogen and oxygen atoms in total. The third-order valence-corrected chi connectivity index (χ3v) is 3.55. The standard InChI is InChI=1S/C16H18ClNO3/c1-19-12-6-4-5-10(7-12)15(18)11-8-13(17)16(21-3)14(9-11)20-2/h4-9,15H,18H2,1-3H3. The van der Waals surface area contributed by atoms with Crippen molar-refractivity contribution < 1.29 is 14.2 Å². The van der Waals surface area contributed by atoms with E-state index in [2.05, 4.69) is 0 Å². The normalized spacial score (nSPS) is 11.9. The van der Waals surface area contributed by atoms with Gasteiger partial charge in [-0.15, -0.1) is 0 Å². The number of hydrogen-bond acceptors (Lipinski definition) is 4. The number of rotatable bonds is 5. The minimum atomic E-state index is -0.336. The van der Waals surface area contributed by atoms with Gasteiger partial charge in [0.15, 0.2) is 11.5 Å². The molecular formula is C16H18ClNO3. The highest BCUT2D eigenvalue weighted by Crippen LogP contribution is 2.38. The van der Waals surface area contributed by atoms with E-state index in [1.54, 1.807) is 27.4 Å². The Morgan fingerprint density at radius 3 is 2.33 bits per heavy atom. The van der Waals surface area contributed by atoms with E-state index in [0.717, 1.165) is 16.9 Å². The molecule has 0 fully saturated rings. The Bertz CT molecular complexity index is 631. The van der Waals surface area contributed by atoms with Crippen LogP contribution in [0.1, 0.15) is 17.2 Å². The zero-order valence-electron chi connectivity index (χ0n) is 12.2. The molecule has 2 aromatic rings. The van der Waals surface area contributed by atoms with E-state index >= 15 is 0 Å². The minimum absolute atomic E-state index is 0.336. The van der Waals surface area contributed by atoms with Crippen LogP contribution in [-0.4, -0.2) is 21.3 Å². The van der Waals surface area contributed by atoms with Crippen LogP contribution in [-0.2, 0) is 0 Å². The topological polar surface area (TPSA) is 53.7 Å². The first kappa shape index (κ1) is 15.5. The van der Waals surface area contributed by atoms with Crippen molar-refractivity contribution in [3.8, 4) is 17.2 Å². The van der Waals surface area contributed by atoms with Crippen LogP contribution in [0.4, 0.5) is 0 Å². The maximum Gasteiger partial charge on any atom is 0.179 e. The molecule has 1 atom stereocenters.